The van der Waals surface area contributed by atoms with Crippen LogP contribution in [0.3, 0.4) is 0 Å². The number of nitrogens with zero attached hydrogens (tertiary/aromatic N) is 1. The van der Waals surface area contributed by atoms with Crippen molar-refractivity contribution >= 4 is 23.4 Å². The van der Waals surface area contributed by atoms with E-state index in [-0.39, 0.29) is 58.9 Å². The predicted molar refractivity (Wildman–Crippen MR) is 146 cm³/mol. The first-order valence-corrected chi connectivity index (χ1v) is 13.0. The molecule has 11 heteroatoms. The van der Waals surface area contributed by atoms with Crippen molar-refractivity contribution in [1.82, 2.24) is 4.90 Å². The minimum atomic E-state index is -1.22. The van der Waals surface area contributed by atoms with E-state index in [1.165, 1.54) is 46.6 Å². The maximum atomic E-state index is 13.3. The number of ether oxygens (including phenoxy) is 4. The fourth-order valence-corrected chi connectivity index (χ4v) is 4.85. The van der Waals surface area contributed by atoms with Crippen LogP contribution in [0.2, 0.25) is 0 Å². The molecule has 2 aromatic carbocycles. The lowest BCUT2D eigenvalue weighted by Crippen LogP contribution is -2.39. The zero-order valence-corrected chi connectivity index (χ0v) is 23.3. The third-order valence-corrected chi connectivity index (χ3v) is 7.09. The molecule has 11 nitrogen and oxygen atoms in total. The van der Waals surface area contributed by atoms with E-state index < -0.39 is 5.97 Å². The van der Waals surface area contributed by atoms with Gasteiger partial charge < -0.3 is 34.7 Å². The highest BCUT2D eigenvalue weighted by Gasteiger charge is 2.30. The normalized spacial score (nSPS) is 13.5. The van der Waals surface area contributed by atoms with Crippen LogP contribution in [0.15, 0.2) is 24.3 Å². The number of ketones is 2. The average Bonchev–Trinajstić information content (AvgIpc) is 2.98. The first-order valence-electron chi connectivity index (χ1n) is 13.0. The van der Waals surface area contributed by atoms with Gasteiger partial charge in [0.25, 0.3) is 5.91 Å². The molecule has 2 aromatic rings. The van der Waals surface area contributed by atoms with Crippen molar-refractivity contribution in [2.45, 2.75) is 32.1 Å². The third-order valence-electron chi connectivity index (χ3n) is 7.09. The summed E-state index contributed by atoms with van der Waals surface area (Å²) in [7, 11) is 5.65. The number of piperidine rings is 1. The van der Waals surface area contributed by atoms with Crippen molar-refractivity contribution < 1.29 is 43.2 Å². The van der Waals surface area contributed by atoms with E-state index in [4.69, 9.17) is 24.7 Å². The minimum Gasteiger partial charge on any atom is -0.496 e. The summed E-state index contributed by atoms with van der Waals surface area (Å²) >= 11 is 0. The lowest BCUT2D eigenvalue weighted by molar-refractivity contribution is 0.0677. The molecule has 1 heterocycles. The Morgan fingerprint density at radius 1 is 0.775 bits per heavy atom. The van der Waals surface area contributed by atoms with Crippen LogP contribution < -0.4 is 24.7 Å². The van der Waals surface area contributed by atoms with Gasteiger partial charge in [-0.1, -0.05) is 0 Å². The van der Waals surface area contributed by atoms with Crippen LogP contribution in [0.5, 0.6) is 23.0 Å². The second-order valence-electron chi connectivity index (χ2n) is 9.49. The highest BCUT2D eigenvalue weighted by Crippen LogP contribution is 2.34. The first kappa shape index (κ1) is 30.4. The number of hydrogen-bond donors (Lipinski definition) is 2. The third kappa shape index (κ3) is 6.71. The Balaban J connectivity index is 1.73. The number of rotatable bonds is 13. The summed E-state index contributed by atoms with van der Waals surface area (Å²) in [6.07, 6.45) is 2.13. The van der Waals surface area contributed by atoms with Crippen molar-refractivity contribution in [1.29, 1.82) is 0 Å². The minimum absolute atomic E-state index is 0.00657. The molecule has 3 N–H and O–H groups in total. The van der Waals surface area contributed by atoms with Crippen LogP contribution >= 0.6 is 0 Å². The topological polar surface area (TPSA) is 155 Å². The SMILES string of the molecule is COc1cc(OC)c(C(=O)N2CCC(CC(=O)c3cc(C(=O)CCCN)c(OC)cc3OC)CC2)cc1C(=O)O. The van der Waals surface area contributed by atoms with Gasteiger partial charge in [0.05, 0.1) is 45.1 Å². The van der Waals surface area contributed by atoms with Crippen LogP contribution in [0.25, 0.3) is 0 Å². The van der Waals surface area contributed by atoms with Gasteiger partial charge in [0, 0.05) is 38.1 Å². The molecule has 1 aliphatic rings. The number of aromatic carboxylic acids is 1. The molecule has 0 bridgehead atoms. The number of benzene rings is 2. The smallest absolute Gasteiger partial charge is 0.339 e. The quantitative estimate of drug-likeness (QED) is 0.350. The number of carboxylic acids is 1. The fraction of sp³-hybridized carbons (Fsp3) is 0.448. The number of likely N-dealkylation sites (tertiary alicyclic amines) is 1. The van der Waals surface area contributed by atoms with Gasteiger partial charge >= 0.3 is 5.97 Å². The maximum absolute atomic E-state index is 13.3. The van der Waals surface area contributed by atoms with Crippen LogP contribution in [0.4, 0.5) is 0 Å². The molecule has 0 radical (unpaired) electrons. The molecule has 1 amide bonds. The summed E-state index contributed by atoms with van der Waals surface area (Å²) < 4.78 is 21.2. The number of carbonyl (C=O) groups is 4. The summed E-state index contributed by atoms with van der Waals surface area (Å²) in [4.78, 5) is 52.7. The summed E-state index contributed by atoms with van der Waals surface area (Å²) in [6.45, 7) is 1.15. The predicted octanol–water partition coefficient (Wildman–Crippen LogP) is 3.47. The molecule has 0 saturated carbocycles. The van der Waals surface area contributed by atoms with E-state index in [0.29, 0.717) is 61.5 Å². The molecular formula is C29H36N2O9. The van der Waals surface area contributed by atoms with Gasteiger partial charge in [-0.05, 0) is 43.9 Å². The number of hydrogen-bond acceptors (Lipinski definition) is 9. The van der Waals surface area contributed by atoms with E-state index >= 15 is 0 Å². The lowest BCUT2D eigenvalue weighted by atomic mass is 9.88. The Kier molecular flexibility index (Phi) is 10.5. The van der Waals surface area contributed by atoms with E-state index in [2.05, 4.69) is 0 Å². The molecule has 0 unspecified atom stereocenters. The highest BCUT2D eigenvalue weighted by atomic mass is 16.5. The van der Waals surface area contributed by atoms with Crippen LogP contribution in [0.1, 0.15) is 73.5 Å². The Morgan fingerprint density at radius 3 is 1.75 bits per heavy atom. The fourth-order valence-electron chi connectivity index (χ4n) is 4.85. The largest absolute Gasteiger partial charge is 0.496 e. The van der Waals surface area contributed by atoms with Crippen molar-refractivity contribution in [3.63, 3.8) is 0 Å². The second kappa shape index (κ2) is 13.8. The van der Waals surface area contributed by atoms with Gasteiger partial charge in [0.1, 0.15) is 28.6 Å². The molecule has 1 saturated heterocycles. The number of amides is 1. The number of Topliss-reactive ketones (excluding diaryl/α,β-unsaturated/α-hetero) is 2. The molecular weight excluding hydrogens is 520 g/mol. The number of nitrogens with two attached hydrogens (primary N) is 1. The van der Waals surface area contributed by atoms with E-state index in [9.17, 15) is 24.3 Å². The Bertz CT molecular complexity index is 1270. The zero-order chi connectivity index (χ0) is 29.4. The summed E-state index contributed by atoms with van der Waals surface area (Å²) in [6, 6.07) is 5.74. The number of methoxy groups -OCH3 is 4. The highest BCUT2D eigenvalue weighted by molar-refractivity contribution is 6.05. The Labute approximate surface area is 233 Å². The van der Waals surface area contributed by atoms with Gasteiger partial charge in [0.2, 0.25) is 0 Å². The van der Waals surface area contributed by atoms with Crippen LogP contribution in [-0.4, -0.2) is 81.5 Å². The molecule has 0 aromatic heterocycles. The Morgan fingerprint density at radius 2 is 1.25 bits per heavy atom. The van der Waals surface area contributed by atoms with Crippen molar-refractivity contribution in [2.24, 2.45) is 11.7 Å². The van der Waals surface area contributed by atoms with Gasteiger partial charge in [-0.25, -0.2) is 4.79 Å². The van der Waals surface area contributed by atoms with Crippen LogP contribution in [0, 0.1) is 5.92 Å². The first-order chi connectivity index (χ1) is 19.2. The van der Waals surface area contributed by atoms with Gasteiger partial charge in [-0.2, -0.15) is 0 Å². The van der Waals surface area contributed by atoms with Crippen molar-refractivity contribution in [2.75, 3.05) is 48.1 Å². The molecule has 0 aliphatic carbocycles. The monoisotopic (exact) mass is 556 g/mol. The number of carboxylic acid groups (broad SMARTS) is 1. The number of carbonyl (C=O) groups excluding carboxylic acids is 3. The molecule has 0 atom stereocenters. The lowest BCUT2D eigenvalue weighted by Gasteiger charge is -2.32. The summed E-state index contributed by atoms with van der Waals surface area (Å²) in [5, 5.41) is 9.52. The van der Waals surface area contributed by atoms with Gasteiger partial charge in [0.15, 0.2) is 11.6 Å². The standard InChI is InChI=1S/C29H36N2O9/c1-37-24-15-25(38-2)19(13-18(24)22(32)6-5-9-30)23(33)12-17-7-10-31(11-8-17)28(34)20-14-21(29(35)36)27(40-4)16-26(20)39-3/h13-17H,5-12,30H2,1-4H3,(H,35,36). The molecule has 3 rings (SSSR count). The molecule has 1 fully saturated rings. The second-order valence-corrected chi connectivity index (χ2v) is 9.49. The van der Waals surface area contributed by atoms with Crippen LogP contribution in [-0.2, 0) is 0 Å². The molecule has 0 spiro atoms. The van der Waals surface area contributed by atoms with E-state index in [0.717, 1.165) is 0 Å². The summed E-state index contributed by atoms with van der Waals surface area (Å²) in [5.41, 5.74) is 6.16. The van der Waals surface area contributed by atoms with Gasteiger partial charge in [-0.3, -0.25) is 14.4 Å². The summed E-state index contributed by atoms with van der Waals surface area (Å²) in [5.74, 6) is -0.928. The molecule has 1 aliphatic heterocycles. The van der Waals surface area contributed by atoms with Gasteiger partial charge in [-0.15, -0.1) is 0 Å². The maximum Gasteiger partial charge on any atom is 0.339 e. The zero-order valence-electron chi connectivity index (χ0n) is 23.3. The van der Waals surface area contributed by atoms with E-state index in [1.54, 1.807) is 11.0 Å². The molecule has 216 valence electrons. The Hall–Kier alpha value is -4.12. The van der Waals surface area contributed by atoms with Crippen molar-refractivity contribution in [3.05, 3.63) is 46.5 Å². The van der Waals surface area contributed by atoms with Crippen molar-refractivity contribution in [3.8, 4) is 23.0 Å². The average molecular weight is 557 g/mol. The van der Waals surface area contributed by atoms with E-state index in [1.807, 2.05) is 0 Å². The molecule has 40 heavy (non-hydrogen) atoms.